The second-order valence-corrected chi connectivity index (χ2v) is 5.39. The molecule has 0 radical (unpaired) electrons. The summed E-state index contributed by atoms with van der Waals surface area (Å²) < 4.78 is 1.19. The Labute approximate surface area is 140 Å². The second kappa shape index (κ2) is 5.72. The molecule has 2 aromatic carbocycles. The predicted molar refractivity (Wildman–Crippen MR) is 92.9 cm³/mol. The molecule has 122 valence electrons. The van der Waals surface area contributed by atoms with Crippen LogP contribution in [0, 0.1) is 0 Å². The molecule has 25 heavy (non-hydrogen) atoms. The van der Waals surface area contributed by atoms with Crippen LogP contribution in [0.15, 0.2) is 70.3 Å². The molecule has 0 fully saturated rings. The Morgan fingerprint density at radius 2 is 1.64 bits per heavy atom. The van der Waals surface area contributed by atoms with Crippen LogP contribution in [-0.2, 0) is 0 Å². The summed E-state index contributed by atoms with van der Waals surface area (Å²) in [6.45, 7) is 0. The molecule has 4 aromatic rings. The first-order chi connectivity index (χ1) is 12.1. The van der Waals surface area contributed by atoms with Gasteiger partial charge in [0.2, 0.25) is 11.8 Å². The number of fused-ring (bicyclic) bond motifs is 1. The number of H-pyrrole nitrogens is 1. The van der Waals surface area contributed by atoms with Gasteiger partial charge < -0.3 is 5.11 Å². The molecule has 0 saturated carbocycles. The van der Waals surface area contributed by atoms with Gasteiger partial charge in [0.05, 0.1) is 17.0 Å². The van der Waals surface area contributed by atoms with Crippen molar-refractivity contribution in [3.63, 3.8) is 0 Å². The Morgan fingerprint density at radius 1 is 0.920 bits per heavy atom. The lowest BCUT2D eigenvalue weighted by Crippen LogP contribution is -2.25. The number of benzene rings is 2. The summed E-state index contributed by atoms with van der Waals surface area (Å²) in [6.07, 6.45) is 0. The number of hydrogen-bond donors (Lipinski definition) is 2. The molecule has 2 N–H and O–H groups in total. The summed E-state index contributed by atoms with van der Waals surface area (Å²) in [4.78, 5) is 35.7. The van der Waals surface area contributed by atoms with Crippen LogP contribution in [-0.4, -0.2) is 24.6 Å². The van der Waals surface area contributed by atoms with Gasteiger partial charge in [-0.1, -0.05) is 42.5 Å². The second-order valence-electron chi connectivity index (χ2n) is 5.39. The number of aromatic hydroxyl groups is 1. The average molecular weight is 332 g/mol. The van der Waals surface area contributed by atoms with E-state index in [1.165, 1.54) is 4.57 Å². The van der Waals surface area contributed by atoms with Gasteiger partial charge in [0.1, 0.15) is 0 Å². The maximum absolute atomic E-state index is 13.0. The van der Waals surface area contributed by atoms with E-state index in [1.807, 2.05) is 18.2 Å². The van der Waals surface area contributed by atoms with Crippen molar-refractivity contribution in [2.75, 3.05) is 0 Å². The first kappa shape index (κ1) is 14.8. The highest BCUT2D eigenvalue weighted by Gasteiger charge is 2.16. The lowest BCUT2D eigenvalue weighted by atomic mass is 10.2. The fourth-order valence-electron chi connectivity index (χ4n) is 2.65. The van der Waals surface area contributed by atoms with Crippen molar-refractivity contribution in [3.8, 4) is 23.2 Å². The Morgan fingerprint density at radius 3 is 2.40 bits per heavy atom. The van der Waals surface area contributed by atoms with Gasteiger partial charge in [-0.3, -0.25) is 14.6 Å². The molecular formula is C18H12N4O3. The normalized spacial score (nSPS) is 10.9. The molecule has 0 aliphatic rings. The Bertz CT molecular complexity index is 1200. The first-order valence-electron chi connectivity index (χ1n) is 7.51. The van der Waals surface area contributed by atoms with E-state index in [0.29, 0.717) is 22.3 Å². The van der Waals surface area contributed by atoms with E-state index < -0.39 is 17.0 Å². The van der Waals surface area contributed by atoms with Gasteiger partial charge in [-0.2, -0.15) is 4.98 Å². The molecule has 0 amide bonds. The lowest BCUT2D eigenvalue weighted by molar-refractivity contribution is 0.449. The van der Waals surface area contributed by atoms with E-state index in [0.717, 1.165) is 6.07 Å². The van der Waals surface area contributed by atoms with Crippen molar-refractivity contribution in [1.82, 2.24) is 19.5 Å². The van der Waals surface area contributed by atoms with Gasteiger partial charge in [0.15, 0.2) is 5.82 Å². The van der Waals surface area contributed by atoms with E-state index >= 15 is 0 Å². The lowest BCUT2D eigenvalue weighted by Gasteiger charge is -2.12. The van der Waals surface area contributed by atoms with Crippen molar-refractivity contribution in [3.05, 3.63) is 81.4 Å². The van der Waals surface area contributed by atoms with Crippen LogP contribution >= 0.6 is 0 Å². The van der Waals surface area contributed by atoms with Crippen LogP contribution in [0.3, 0.4) is 0 Å². The highest BCUT2D eigenvalue weighted by Crippen LogP contribution is 2.20. The number of aromatic nitrogens is 4. The summed E-state index contributed by atoms with van der Waals surface area (Å²) in [5.74, 6) is -0.247. The SMILES string of the molecule is O=c1cc(O)nc(-n2c(-c3ccccc3)nc3ccccc3c2=O)[nH]1. The van der Waals surface area contributed by atoms with E-state index in [2.05, 4.69) is 15.0 Å². The summed E-state index contributed by atoms with van der Waals surface area (Å²) in [5, 5.41) is 10.0. The average Bonchev–Trinajstić information content (AvgIpc) is 2.61. The Balaban J connectivity index is 2.16. The monoisotopic (exact) mass is 332 g/mol. The molecule has 0 aliphatic heterocycles. The fraction of sp³-hybridized carbons (Fsp3) is 0. The molecule has 7 heteroatoms. The van der Waals surface area contributed by atoms with E-state index in [9.17, 15) is 14.7 Å². The highest BCUT2D eigenvalue weighted by atomic mass is 16.3. The molecule has 7 nitrogen and oxygen atoms in total. The predicted octanol–water partition coefficient (Wildman–Crippen LogP) is 1.84. The molecule has 0 atom stereocenters. The number of nitrogens with one attached hydrogen (secondary N) is 1. The van der Waals surface area contributed by atoms with Crippen LogP contribution in [0.2, 0.25) is 0 Å². The Hall–Kier alpha value is -3.74. The maximum atomic E-state index is 13.0. The standard InChI is InChI=1S/C18H12N4O3/c23-14-10-15(24)21-18(20-14)22-16(11-6-2-1-3-7-11)19-13-9-5-4-8-12(13)17(22)25/h1-10H,(H2,20,21,23,24). The molecule has 0 spiro atoms. The molecule has 0 aliphatic carbocycles. The van der Waals surface area contributed by atoms with Crippen molar-refractivity contribution in [2.45, 2.75) is 0 Å². The van der Waals surface area contributed by atoms with Gasteiger partial charge in [-0.05, 0) is 12.1 Å². The number of nitrogens with zero attached hydrogens (tertiary/aromatic N) is 3. The van der Waals surface area contributed by atoms with Gasteiger partial charge in [0.25, 0.3) is 11.1 Å². The number of para-hydroxylation sites is 1. The van der Waals surface area contributed by atoms with E-state index in [-0.39, 0.29) is 5.95 Å². The first-order valence-corrected chi connectivity index (χ1v) is 7.51. The van der Waals surface area contributed by atoms with Crippen molar-refractivity contribution >= 4 is 10.9 Å². The van der Waals surface area contributed by atoms with Crippen LogP contribution in [0.25, 0.3) is 28.2 Å². The largest absolute Gasteiger partial charge is 0.493 e. The van der Waals surface area contributed by atoms with E-state index in [4.69, 9.17) is 0 Å². The molecule has 0 bridgehead atoms. The maximum Gasteiger partial charge on any atom is 0.268 e. The molecule has 2 aromatic heterocycles. The molecule has 0 unspecified atom stereocenters. The third-order valence-electron chi connectivity index (χ3n) is 3.74. The minimum absolute atomic E-state index is 0.0906. The molecular weight excluding hydrogens is 320 g/mol. The van der Waals surface area contributed by atoms with Crippen molar-refractivity contribution in [1.29, 1.82) is 0 Å². The van der Waals surface area contributed by atoms with Gasteiger partial charge >= 0.3 is 0 Å². The number of rotatable bonds is 2. The van der Waals surface area contributed by atoms with Crippen LogP contribution in [0.1, 0.15) is 0 Å². The Kier molecular flexibility index (Phi) is 3.39. The summed E-state index contributed by atoms with van der Waals surface area (Å²) in [5.41, 5.74) is 0.251. The zero-order chi connectivity index (χ0) is 17.4. The fourth-order valence-corrected chi connectivity index (χ4v) is 2.65. The van der Waals surface area contributed by atoms with Crippen LogP contribution in [0.4, 0.5) is 0 Å². The molecule has 0 saturated heterocycles. The summed E-state index contributed by atoms with van der Waals surface area (Å²) >= 11 is 0. The zero-order valence-corrected chi connectivity index (χ0v) is 12.9. The van der Waals surface area contributed by atoms with Crippen LogP contribution < -0.4 is 11.1 Å². The smallest absolute Gasteiger partial charge is 0.268 e. The van der Waals surface area contributed by atoms with Crippen molar-refractivity contribution in [2.24, 2.45) is 0 Å². The summed E-state index contributed by atoms with van der Waals surface area (Å²) in [7, 11) is 0. The van der Waals surface area contributed by atoms with E-state index in [1.54, 1.807) is 36.4 Å². The van der Waals surface area contributed by atoms with Gasteiger partial charge in [-0.25, -0.2) is 9.55 Å². The third-order valence-corrected chi connectivity index (χ3v) is 3.74. The minimum atomic E-state index is -0.568. The quantitative estimate of drug-likeness (QED) is 0.583. The molecule has 2 heterocycles. The highest BCUT2D eigenvalue weighted by molar-refractivity contribution is 5.80. The van der Waals surface area contributed by atoms with Gasteiger partial charge in [-0.15, -0.1) is 0 Å². The minimum Gasteiger partial charge on any atom is -0.493 e. The van der Waals surface area contributed by atoms with Gasteiger partial charge in [0, 0.05) is 5.56 Å². The summed E-state index contributed by atoms with van der Waals surface area (Å²) in [6, 6.07) is 16.9. The third kappa shape index (κ3) is 2.57. The topological polar surface area (TPSA) is 101 Å². The molecule has 4 rings (SSSR count). The van der Waals surface area contributed by atoms with Crippen LogP contribution in [0.5, 0.6) is 5.88 Å². The number of hydrogen-bond acceptors (Lipinski definition) is 5. The van der Waals surface area contributed by atoms with Crippen molar-refractivity contribution < 1.29 is 5.11 Å². The number of aromatic amines is 1. The zero-order valence-electron chi connectivity index (χ0n) is 12.9.